The lowest BCUT2D eigenvalue weighted by Crippen LogP contribution is -2.46. The molecule has 1 aliphatic heterocycles. The van der Waals surface area contributed by atoms with Crippen LogP contribution >= 0.6 is 11.8 Å². The van der Waals surface area contributed by atoms with Gasteiger partial charge < -0.3 is 10.0 Å². The maximum absolute atomic E-state index is 12.6. The Morgan fingerprint density at radius 1 is 1.47 bits per heavy atom. The molecule has 2 fully saturated rings. The van der Waals surface area contributed by atoms with Crippen molar-refractivity contribution in [3.63, 3.8) is 0 Å². The van der Waals surface area contributed by atoms with Gasteiger partial charge in [-0.2, -0.15) is 5.10 Å². The SMILES string of the molecule is Cn1nccc1C(=O)N1C(C(=O)O)CSC1C1CC1. The zero-order chi connectivity index (χ0) is 13.6. The summed E-state index contributed by atoms with van der Waals surface area (Å²) in [7, 11) is 1.69. The average Bonchev–Trinajstić information content (AvgIpc) is 2.97. The number of carboxylic acid groups (broad SMARTS) is 1. The van der Waals surface area contributed by atoms with Crippen LogP contribution < -0.4 is 0 Å². The van der Waals surface area contributed by atoms with Crippen LogP contribution in [-0.4, -0.2) is 48.8 Å². The van der Waals surface area contributed by atoms with E-state index in [0.717, 1.165) is 12.8 Å². The first-order valence-corrected chi connectivity index (χ1v) is 7.29. The number of aromatic nitrogens is 2. The van der Waals surface area contributed by atoms with E-state index in [4.69, 9.17) is 0 Å². The molecular formula is C12H15N3O3S. The Bertz CT molecular complexity index is 526. The van der Waals surface area contributed by atoms with E-state index in [1.165, 1.54) is 4.68 Å². The van der Waals surface area contributed by atoms with Crippen LogP contribution in [0.2, 0.25) is 0 Å². The van der Waals surface area contributed by atoms with Crippen molar-refractivity contribution in [2.24, 2.45) is 13.0 Å². The van der Waals surface area contributed by atoms with Gasteiger partial charge in [0.1, 0.15) is 11.7 Å². The van der Waals surface area contributed by atoms with Gasteiger partial charge in [-0.05, 0) is 24.8 Å². The van der Waals surface area contributed by atoms with E-state index in [9.17, 15) is 14.7 Å². The second-order valence-corrected chi connectivity index (χ2v) is 6.12. The van der Waals surface area contributed by atoms with Crippen molar-refractivity contribution >= 4 is 23.6 Å². The lowest BCUT2D eigenvalue weighted by molar-refractivity contribution is -0.141. The zero-order valence-electron chi connectivity index (χ0n) is 10.5. The number of carboxylic acids is 1. The number of carbonyl (C=O) groups excluding carboxylic acids is 1. The maximum atomic E-state index is 12.6. The van der Waals surface area contributed by atoms with Crippen molar-refractivity contribution in [3.05, 3.63) is 18.0 Å². The van der Waals surface area contributed by atoms with Crippen LogP contribution in [0.3, 0.4) is 0 Å². The average molecular weight is 281 g/mol. The minimum atomic E-state index is -0.925. The highest BCUT2D eigenvalue weighted by molar-refractivity contribution is 8.00. The fourth-order valence-corrected chi connectivity index (χ4v) is 4.07. The third kappa shape index (κ3) is 2.11. The molecule has 0 aromatic carbocycles. The van der Waals surface area contributed by atoms with Crippen LogP contribution in [0.1, 0.15) is 23.3 Å². The van der Waals surface area contributed by atoms with Gasteiger partial charge in [-0.1, -0.05) is 0 Å². The van der Waals surface area contributed by atoms with Crippen molar-refractivity contribution in [2.75, 3.05) is 5.75 Å². The number of hydrogen-bond donors (Lipinski definition) is 1. The lowest BCUT2D eigenvalue weighted by Gasteiger charge is -2.27. The summed E-state index contributed by atoms with van der Waals surface area (Å²) in [6.07, 6.45) is 3.72. The maximum Gasteiger partial charge on any atom is 0.327 e. The van der Waals surface area contributed by atoms with Crippen LogP contribution in [0.25, 0.3) is 0 Å². The number of thioether (sulfide) groups is 1. The molecule has 1 aromatic heterocycles. The number of rotatable bonds is 3. The molecular weight excluding hydrogens is 266 g/mol. The Morgan fingerprint density at radius 3 is 2.74 bits per heavy atom. The summed E-state index contributed by atoms with van der Waals surface area (Å²) in [5.41, 5.74) is 0.444. The molecule has 1 saturated carbocycles. The highest BCUT2D eigenvalue weighted by Crippen LogP contribution is 2.45. The number of hydrogen-bond acceptors (Lipinski definition) is 4. The molecule has 0 bridgehead atoms. The molecule has 1 N–H and O–H groups in total. The molecule has 19 heavy (non-hydrogen) atoms. The summed E-state index contributed by atoms with van der Waals surface area (Å²) in [4.78, 5) is 25.4. The van der Waals surface area contributed by atoms with Gasteiger partial charge in [-0.3, -0.25) is 9.48 Å². The van der Waals surface area contributed by atoms with Gasteiger partial charge in [0.15, 0.2) is 0 Å². The Morgan fingerprint density at radius 2 is 2.21 bits per heavy atom. The van der Waals surface area contributed by atoms with Gasteiger partial charge in [0, 0.05) is 19.0 Å². The Labute approximate surface area is 114 Å². The molecule has 0 radical (unpaired) electrons. The highest BCUT2D eigenvalue weighted by atomic mass is 32.2. The molecule has 1 aromatic rings. The molecule has 1 aliphatic carbocycles. The molecule has 1 amide bonds. The van der Waals surface area contributed by atoms with Crippen molar-refractivity contribution in [3.8, 4) is 0 Å². The first-order valence-electron chi connectivity index (χ1n) is 6.24. The molecule has 3 rings (SSSR count). The van der Waals surface area contributed by atoms with Crippen LogP contribution in [0.5, 0.6) is 0 Å². The number of aryl methyl sites for hydroxylation is 1. The lowest BCUT2D eigenvalue weighted by atomic mass is 10.2. The predicted octanol–water partition coefficient (Wildman–Crippen LogP) is 0.798. The summed E-state index contributed by atoms with van der Waals surface area (Å²) in [6.45, 7) is 0. The number of carbonyl (C=O) groups is 2. The summed E-state index contributed by atoms with van der Waals surface area (Å²) >= 11 is 1.58. The zero-order valence-corrected chi connectivity index (χ0v) is 11.3. The number of aliphatic carboxylic acids is 1. The van der Waals surface area contributed by atoms with E-state index >= 15 is 0 Å². The highest BCUT2D eigenvalue weighted by Gasteiger charge is 2.48. The molecule has 7 heteroatoms. The van der Waals surface area contributed by atoms with E-state index in [2.05, 4.69) is 5.10 Å². The summed E-state index contributed by atoms with van der Waals surface area (Å²) < 4.78 is 1.49. The van der Waals surface area contributed by atoms with Gasteiger partial charge in [-0.25, -0.2) is 4.79 Å². The molecule has 2 unspecified atom stereocenters. The van der Waals surface area contributed by atoms with E-state index in [0.29, 0.717) is 17.4 Å². The molecule has 0 spiro atoms. The second kappa shape index (κ2) is 4.56. The molecule has 6 nitrogen and oxygen atoms in total. The Hall–Kier alpha value is -1.50. The van der Waals surface area contributed by atoms with Crippen molar-refractivity contribution in [2.45, 2.75) is 24.3 Å². The van der Waals surface area contributed by atoms with Crippen molar-refractivity contribution in [1.29, 1.82) is 0 Å². The minimum Gasteiger partial charge on any atom is -0.480 e. The Kier molecular flexibility index (Phi) is 3.00. The van der Waals surface area contributed by atoms with E-state index in [1.807, 2.05) is 0 Å². The molecule has 102 valence electrons. The van der Waals surface area contributed by atoms with Gasteiger partial charge >= 0.3 is 5.97 Å². The van der Waals surface area contributed by atoms with E-state index in [1.54, 1.807) is 36.0 Å². The standard InChI is InChI=1S/C12H15N3O3S/c1-14-8(4-5-13-14)10(16)15-9(12(17)18)6-19-11(15)7-2-3-7/h4-5,7,9,11H,2-3,6H2,1H3,(H,17,18). The van der Waals surface area contributed by atoms with Crippen LogP contribution in [0.15, 0.2) is 12.3 Å². The molecule has 2 atom stereocenters. The second-order valence-electron chi connectivity index (χ2n) is 4.97. The van der Waals surface area contributed by atoms with Gasteiger partial charge in [0.05, 0.1) is 5.37 Å². The number of amides is 1. The monoisotopic (exact) mass is 281 g/mol. The third-order valence-corrected chi connectivity index (χ3v) is 5.08. The molecule has 1 saturated heterocycles. The van der Waals surface area contributed by atoms with Crippen molar-refractivity contribution < 1.29 is 14.7 Å². The first kappa shape index (κ1) is 12.5. The van der Waals surface area contributed by atoms with Crippen molar-refractivity contribution in [1.82, 2.24) is 14.7 Å². The Balaban J connectivity index is 1.91. The quantitative estimate of drug-likeness (QED) is 0.887. The van der Waals surface area contributed by atoms with Crippen LogP contribution in [-0.2, 0) is 11.8 Å². The minimum absolute atomic E-state index is 0.00324. The fourth-order valence-electron chi connectivity index (χ4n) is 2.44. The fraction of sp³-hybridized carbons (Fsp3) is 0.583. The molecule has 2 heterocycles. The normalized spacial score (nSPS) is 26.7. The topological polar surface area (TPSA) is 75.4 Å². The summed E-state index contributed by atoms with van der Waals surface area (Å²) in [6, 6.07) is 0.909. The largest absolute Gasteiger partial charge is 0.480 e. The van der Waals surface area contributed by atoms with Crippen LogP contribution in [0.4, 0.5) is 0 Å². The smallest absolute Gasteiger partial charge is 0.327 e. The summed E-state index contributed by atoms with van der Waals surface area (Å²) in [5.74, 6) is -0.230. The van der Waals surface area contributed by atoms with Crippen LogP contribution in [0, 0.1) is 5.92 Å². The summed E-state index contributed by atoms with van der Waals surface area (Å²) in [5, 5.41) is 13.3. The van der Waals surface area contributed by atoms with Gasteiger partial charge in [0.25, 0.3) is 5.91 Å². The number of nitrogens with zero attached hydrogens (tertiary/aromatic N) is 3. The first-order chi connectivity index (χ1) is 9.09. The van der Waals surface area contributed by atoms with Gasteiger partial charge in [-0.15, -0.1) is 11.8 Å². The third-order valence-electron chi connectivity index (χ3n) is 3.62. The van der Waals surface area contributed by atoms with Gasteiger partial charge in [0.2, 0.25) is 0 Å². The van der Waals surface area contributed by atoms with E-state index in [-0.39, 0.29) is 11.3 Å². The predicted molar refractivity (Wildman–Crippen MR) is 69.8 cm³/mol. The van der Waals surface area contributed by atoms with E-state index < -0.39 is 12.0 Å². The molecule has 2 aliphatic rings.